The summed E-state index contributed by atoms with van der Waals surface area (Å²) in [6, 6.07) is 1.44. The van der Waals surface area contributed by atoms with Gasteiger partial charge in [0.25, 0.3) is 0 Å². The Labute approximate surface area is 105 Å². The van der Waals surface area contributed by atoms with Crippen LogP contribution in [0.3, 0.4) is 0 Å². The number of hydrogen-bond donors (Lipinski definition) is 0. The Morgan fingerprint density at radius 2 is 1.56 bits per heavy atom. The minimum absolute atomic E-state index is 0.0496. The largest absolute Gasteiger partial charge is 0.303 e. The van der Waals surface area contributed by atoms with Crippen LogP contribution in [-0.4, -0.2) is 34.1 Å². The molecule has 0 amide bonds. The van der Waals surface area contributed by atoms with Gasteiger partial charge in [0.1, 0.15) is 0 Å². The molecule has 0 heterocycles. The molecule has 2 heteroatoms. The van der Waals surface area contributed by atoms with E-state index in [-0.39, 0.29) is 9.52 Å². The van der Waals surface area contributed by atoms with Crippen LogP contribution in [0, 0.1) is 11.8 Å². The molecule has 16 heavy (non-hydrogen) atoms. The second-order valence-electron chi connectivity index (χ2n) is 5.97. The summed E-state index contributed by atoms with van der Waals surface area (Å²) in [4.78, 5) is 2.65. The van der Waals surface area contributed by atoms with E-state index in [1.54, 1.807) is 0 Å². The zero-order chi connectivity index (χ0) is 12.6. The molecule has 0 saturated heterocycles. The van der Waals surface area contributed by atoms with Crippen LogP contribution in [0.25, 0.3) is 0 Å². The first-order valence-electron chi connectivity index (χ1n) is 6.77. The van der Waals surface area contributed by atoms with Crippen LogP contribution >= 0.6 is 0 Å². The maximum Gasteiger partial charge on any atom is 0.0465 e. The summed E-state index contributed by atoms with van der Waals surface area (Å²) in [6.07, 6.45) is 0. The molecule has 0 unspecified atom stereocenters. The van der Waals surface area contributed by atoms with Gasteiger partial charge in [-0.2, -0.15) is 0 Å². The molecule has 0 aromatic rings. The molecule has 0 aromatic carbocycles. The molecule has 0 radical (unpaired) electrons. The van der Waals surface area contributed by atoms with Crippen molar-refractivity contribution in [3.8, 4) is 0 Å². The highest BCUT2D eigenvalue weighted by molar-refractivity contribution is 6.42. The molecule has 0 aliphatic heterocycles. The van der Waals surface area contributed by atoms with Crippen molar-refractivity contribution in [2.24, 2.45) is 11.8 Å². The van der Waals surface area contributed by atoms with E-state index in [4.69, 9.17) is 0 Å². The predicted octanol–water partition coefficient (Wildman–Crippen LogP) is 3.11. The predicted molar refractivity (Wildman–Crippen MR) is 78.9 cm³/mol. The van der Waals surface area contributed by atoms with Crippen LogP contribution in [-0.2, 0) is 0 Å². The van der Waals surface area contributed by atoms with Gasteiger partial charge >= 0.3 is 0 Å². The Bertz CT molecular complexity index is 183. The van der Waals surface area contributed by atoms with E-state index in [1.165, 1.54) is 31.3 Å². The second kappa shape index (κ2) is 9.00. The maximum atomic E-state index is 2.65. The van der Waals surface area contributed by atoms with Crippen LogP contribution in [0.2, 0.25) is 6.04 Å². The third-order valence-corrected chi connectivity index (χ3v) is 4.31. The van der Waals surface area contributed by atoms with Gasteiger partial charge < -0.3 is 4.90 Å². The Morgan fingerprint density at radius 3 is 1.94 bits per heavy atom. The average molecular weight is 241 g/mol. The van der Waals surface area contributed by atoms with Crippen molar-refractivity contribution < 1.29 is 0 Å². The lowest BCUT2D eigenvalue weighted by Gasteiger charge is -2.25. The Hall–Kier alpha value is -0.0831. The molecule has 0 aromatic heterocycles. The van der Waals surface area contributed by atoms with Crippen molar-refractivity contribution in [1.29, 1.82) is 0 Å². The van der Waals surface area contributed by atoms with Crippen LogP contribution in [0.1, 0.15) is 41.5 Å². The fourth-order valence-electron chi connectivity index (χ4n) is 2.00. The number of allylic oxidation sites excluding steroid dienone is 1. The molecular weight excluding hydrogens is 210 g/mol. The van der Waals surface area contributed by atoms with Crippen LogP contribution in [0.5, 0.6) is 0 Å². The van der Waals surface area contributed by atoms with Gasteiger partial charge in [0, 0.05) is 22.6 Å². The third kappa shape index (κ3) is 10.4. The van der Waals surface area contributed by atoms with Crippen LogP contribution in [0.4, 0.5) is 0 Å². The summed E-state index contributed by atoms with van der Waals surface area (Å²) in [7, 11) is 0.0496. The summed E-state index contributed by atoms with van der Waals surface area (Å²) < 4.78 is 0. The smallest absolute Gasteiger partial charge is 0.0465 e. The van der Waals surface area contributed by atoms with Gasteiger partial charge in [0.15, 0.2) is 0 Å². The van der Waals surface area contributed by atoms with Gasteiger partial charge in [-0.05, 0) is 38.3 Å². The van der Waals surface area contributed by atoms with Crippen LogP contribution < -0.4 is 0 Å². The van der Waals surface area contributed by atoms with Crippen molar-refractivity contribution in [2.45, 2.75) is 47.6 Å². The highest BCUT2D eigenvalue weighted by Crippen LogP contribution is 2.05. The quantitative estimate of drug-likeness (QED) is 0.466. The molecule has 0 saturated carbocycles. The van der Waals surface area contributed by atoms with E-state index in [2.05, 4.69) is 52.1 Å². The average Bonchev–Trinajstić information content (AvgIpc) is 2.09. The van der Waals surface area contributed by atoms with E-state index in [9.17, 15) is 0 Å². The lowest BCUT2D eigenvalue weighted by molar-refractivity contribution is 0.230. The molecule has 0 spiro atoms. The highest BCUT2D eigenvalue weighted by atomic mass is 28.2. The molecule has 0 fully saturated rings. The summed E-state index contributed by atoms with van der Waals surface area (Å²) >= 11 is 0. The first kappa shape index (κ1) is 15.9. The second-order valence-corrected chi connectivity index (χ2v) is 7.66. The summed E-state index contributed by atoms with van der Waals surface area (Å²) in [5.74, 6) is 1.59. The SMILES string of the molecule is CC(C)=C[SiH2]CCN(CC(C)C)CC(C)C. The molecule has 96 valence electrons. The van der Waals surface area contributed by atoms with Crippen molar-refractivity contribution >= 4 is 9.52 Å². The van der Waals surface area contributed by atoms with E-state index < -0.39 is 0 Å². The van der Waals surface area contributed by atoms with E-state index >= 15 is 0 Å². The summed E-state index contributed by atoms with van der Waals surface area (Å²) in [6.45, 7) is 17.6. The Kier molecular flexibility index (Phi) is 8.95. The standard InChI is InChI=1S/C14H31NSi/c1-12(2)9-15(10-13(3)4)7-8-16-11-14(5)6/h11-13H,7-10,16H2,1-6H3. The molecule has 0 aliphatic rings. The Morgan fingerprint density at radius 1 is 1.06 bits per heavy atom. The first-order chi connectivity index (χ1) is 7.41. The van der Waals surface area contributed by atoms with Crippen LogP contribution in [0.15, 0.2) is 11.3 Å². The van der Waals surface area contributed by atoms with Crippen molar-refractivity contribution in [2.75, 3.05) is 19.6 Å². The van der Waals surface area contributed by atoms with Gasteiger partial charge in [0.05, 0.1) is 0 Å². The lowest BCUT2D eigenvalue weighted by atomic mass is 10.1. The van der Waals surface area contributed by atoms with Gasteiger partial charge in [-0.15, -0.1) is 5.70 Å². The van der Waals surface area contributed by atoms with Gasteiger partial charge in [-0.25, -0.2) is 0 Å². The summed E-state index contributed by atoms with van der Waals surface area (Å²) in [5.41, 5.74) is 3.99. The zero-order valence-electron chi connectivity index (χ0n) is 12.2. The normalized spacial score (nSPS) is 12.3. The van der Waals surface area contributed by atoms with E-state index in [0.29, 0.717) is 0 Å². The maximum absolute atomic E-state index is 2.65. The molecule has 0 aliphatic carbocycles. The monoisotopic (exact) mass is 241 g/mol. The van der Waals surface area contributed by atoms with Crippen molar-refractivity contribution in [3.05, 3.63) is 11.3 Å². The molecule has 0 N–H and O–H groups in total. The molecule has 0 bridgehead atoms. The fraction of sp³-hybridized carbons (Fsp3) is 0.857. The number of rotatable bonds is 8. The molecule has 0 atom stereocenters. The minimum atomic E-state index is 0.0496. The molecule has 0 rings (SSSR count). The number of hydrogen-bond acceptors (Lipinski definition) is 1. The molecular formula is C14H31NSi. The molecule has 1 nitrogen and oxygen atoms in total. The highest BCUT2D eigenvalue weighted by Gasteiger charge is 2.08. The van der Waals surface area contributed by atoms with Crippen molar-refractivity contribution in [3.63, 3.8) is 0 Å². The van der Waals surface area contributed by atoms with E-state index in [0.717, 1.165) is 11.8 Å². The van der Waals surface area contributed by atoms with E-state index in [1.807, 2.05) is 0 Å². The lowest BCUT2D eigenvalue weighted by Crippen LogP contribution is -2.32. The van der Waals surface area contributed by atoms with Gasteiger partial charge in [0.2, 0.25) is 0 Å². The summed E-state index contributed by atoms with van der Waals surface area (Å²) in [5, 5.41) is 0. The third-order valence-electron chi connectivity index (χ3n) is 2.48. The zero-order valence-corrected chi connectivity index (χ0v) is 13.6. The topological polar surface area (TPSA) is 3.24 Å². The minimum Gasteiger partial charge on any atom is -0.303 e. The fourth-order valence-corrected chi connectivity index (χ4v) is 3.41. The first-order valence-corrected chi connectivity index (χ1v) is 8.59. The number of nitrogens with zero attached hydrogens (tertiary/aromatic N) is 1. The van der Waals surface area contributed by atoms with Gasteiger partial charge in [-0.1, -0.05) is 33.3 Å². The Balaban J connectivity index is 3.87. The van der Waals surface area contributed by atoms with Crippen molar-refractivity contribution in [1.82, 2.24) is 4.90 Å². The van der Waals surface area contributed by atoms with Gasteiger partial charge in [-0.3, -0.25) is 0 Å².